The first-order valence-corrected chi connectivity index (χ1v) is 11.2. The fraction of sp³-hybridized carbons (Fsp3) is 0.350. The van der Waals surface area contributed by atoms with Crippen molar-refractivity contribution < 1.29 is 9.47 Å². The van der Waals surface area contributed by atoms with Crippen LogP contribution in [0.5, 0.6) is 11.5 Å². The molecular weight excluding hydrogens is 392 g/mol. The standard InChI is InChI=1S/C20H18N4O2S2/c1-11-2-4-13-16(6-11)28-19-17(13)18-22-23-20(24(18)9-21-19)27-8-12-3-5-14-15(7-12)26-10-25-14/h3,5,7,9,11H,2,4,6,8,10H2,1H3/t11-/m0/s1. The van der Waals surface area contributed by atoms with E-state index in [1.54, 1.807) is 11.8 Å². The van der Waals surface area contributed by atoms with Gasteiger partial charge in [-0.3, -0.25) is 4.40 Å². The maximum atomic E-state index is 5.47. The number of benzene rings is 1. The minimum atomic E-state index is 0.298. The number of ether oxygens (including phenoxy) is 2. The van der Waals surface area contributed by atoms with Gasteiger partial charge in [0, 0.05) is 10.6 Å². The highest BCUT2D eigenvalue weighted by Gasteiger charge is 2.24. The molecule has 0 fully saturated rings. The molecule has 142 valence electrons. The van der Waals surface area contributed by atoms with Gasteiger partial charge in [-0.2, -0.15) is 0 Å². The van der Waals surface area contributed by atoms with E-state index in [2.05, 4.69) is 23.2 Å². The number of thioether (sulfide) groups is 1. The average Bonchev–Trinajstić information content (AvgIpc) is 3.41. The lowest BCUT2D eigenvalue weighted by Gasteiger charge is -2.17. The lowest BCUT2D eigenvalue weighted by atomic mass is 9.89. The zero-order chi connectivity index (χ0) is 18.7. The SMILES string of the molecule is C[C@H]1CCc2c(sc3ncn4c(SCc5ccc6c(c5)OCO6)nnc4c23)C1. The van der Waals surface area contributed by atoms with Crippen LogP contribution in [0.25, 0.3) is 15.9 Å². The summed E-state index contributed by atoms with van der Waals surface area (Å²) in [5.74, 6) is 3.16. The molecule has 6 nitrogen and oxygen atoms in total. The van der Waals surface area contributed by atoms with Gasteiger partial charge >= 0.3 is 0 Å². The first kappa shape index (κ1) is 16.6. The van der Waals surface area contributed by atoms with E-state index in [1.807, 2.05) is 34.2 Å². The topological polar surface area (TPSA) is 61.5 Å². The number of aromatic nitrogens is 4. The minimum Gasteiger partial charge on any atom is -0.454 e. The molecule has 8 heteroatoms. The van der Waals surface area contributed by atoms with E-state index in [-0.39, 0.29) is 0 Å². The van der Waals surface area contributed by atoms with Crippen molar-refractivity contribution in [3.05, 3.63) is 40.5 Å². The molecule has 0 amide bonds. The number of fused-ring (bicyclic) bond motifs is 6. The van der Waals surface area contributed by atoms with Gasteiger partial charge in [0.1, 0.15) is 11.2 Å². The molecule has 6 rings (SSSR count). The van der Waals surface area contributed by atoms with Crippen molar-refractivity contribution in [2.45, 2.75) is 37.1 Å². The maximum Gasteiger partial charge on any atom is 0.231 e. The molecular formula is C20H18N4O2S2. The highest BCUT2D eigenvalue weighted by Crippen LogP contribution is 2.39. The van der Waals surface area contributed by atoms with Gasteiger partial charge < -0.3 is 9.47 Å². The zero-order valence-corrected chi connectivity index (χ0v) is 17.0. The minimum absolute atomic E-state index is 0.298. The van der Waals surface area contributed by atoms with Crippen LogP contribution in [0, 0.1) is 5.92 Å². The Morgan fingerprint density at radius 3 is 3.14 bits per heavy atom. The van der Waals surface area contributed by atoms with Crippen molar-refractivity contribution in [2.24, 2.45) is 5.92 Å². The largest absolute Gasteiger partial charge is 0.454 e. The second-order valence-electron chi connectivity index (χ2n) is 7.43. The Kier molecular flexibility index (Phi) is 3.77. The summed E-state index contributed by atoms with van der Waals surface area (Å²) in [6, 6.07) is 6.06. The van der Waals surface area contributed by atoms with Crippen LogP contribution in [0.4, 0.5) is 0 Å². The molecule has 0 saturated carbocycles. The van der Waals surface area contributed by atoms with Crippen LogP contribution in [-0.2, 0) is 18.6 Å². The summed E-state index contributed by atoms with van der Waals surface area (Å²) < 4.78 is 12.9. The molecule has 1 aromatic carbocycles. The van der Waals surface area contributed by atoms with Gasteiger partial charge in [-0.1, -0.05) is 24.8 Å². The summed E-state index contributed by atoms with van der Waals surface area (Å²) in [6.45, 7) is 2.63. The first-order chi connectivity index (χ1) is 13.8. The van der Waals surface area contributed by atoms with E-state index >= 15 is 0 Å². The summed E-state index contributed by atoms with van der Waals surface area (Å²) in [6.07, 6.45) is 5.37. The number of hydrogen-bond donors (Lipinski definition) is 0. The first-order valence-electron chi connectivity index (χ1n) is 9.41. The van der Waals surface area contributed by atoms with Crippen LogP contribution in [-0.4, -0.2) is 26.4 Å². The molecule has 4 heterocycles. The molecule has 0 radical (unpaired) electrons. The summed E-state index contributed by atoms with van der Waals surface area (Å²) >= 11 is 3.48. The van der Waals surface area contributed by atoms with Crippen LogP contribution < -0.4 is 9.47 Å². The van der Waals surface area contributed by atoms with Gasteiger partial charge in [-0.25, -0.2) is 4.98 Å². The van der Waals surface area contributed by atoms with Crippen molar-refractivity contribution in [1.29, 1.82) is 0 Å². The number of nitrogens with zero attached hydrogens (tertiary/aromatic N) is 4. The van der Waals surface area contributed by atoms with E-state index in [9.17, 15) is 0 Å². The van der Waals surface area contributed by atoms with Gasteiger partial charge in [0.25, 0.3) is 0 Å². The Morgan fingerprint density at radius 2 is 2.18 bits per heavy atom. The Labute approximate surface area is 169 Å². The van der Waals surface area contributed by atoms with Gasteiger partial charge in [0.15, 0.2) is 22.3 Å². The Balaban J connectivity index is 1.34. The van der Waals surface area contributed by atoms with Crippen LogP contribution in [0.2, 0.25) is 0 Å². The third-order valence-electron chi connectivity index (χ3n) is 5.48. The quantitative estimate of drug-likeness (QED) is 0.464. The second-order valence-corrected chi connectivity index (χ2v) is 9.46. The molecule has 0 bridgehead atoms. The van der Waals surface area contributed by atoms with E-state index in [0.29, 0.717) is 6.79 Å². The van der Waals surface area contributed by atoms with Crippen molar-refractivity contribution >= 4 is 39.0 Å². The summed E-state index contributed by atoms with van der Waals surface area (Å²) in [5.41, 5.74) is 3.54. The molecule has 0 unspecified atom stereocenters. The normalized spacial score (nSPS) is 18.1. The van der Waals surface area contributed by atoms with Gasteiger partial charge in [-0.05, 0) is 48.4 Å². The fourth-order valence-electron chi connectivity index (χ4n) is 4.00. The van der Waals surface area contributed by atoms with E-state index in [1.165, 1.54) is 27.8 Å². The van der Waals surface area contributed by atoms with E-state index in [0.717, 1.165) is 51.6 Å². The molecule has 4 aromatic rings. The zero-order valence-electron chi connectivity index (χ0n) is 15.3. The monoisotopic (exact) mass is 410 g/mol. The highest BCUT2D eigenvalue weighted by atomic mass is 32.2. The van der Waals surface area contributed by atoms with Crippen LogP contribution in [0.3, 0.4) is 0 Å². The summed E-state index contributed by atoms with van der Waals surface area (Å²) in [7, 11) is 0. The van der Waals surface area contributed by atoms with Gasteiger partial charge in [0.2, 0.25) is 6.79 Å². The molecule has 28 heavy (non-hydrogen) atoms. The molecule has 3 aromatic heterocycles. The van der Waals surface area contributed by atoms with Crippen molar-refractivity contribution in [3.63, 3.8) is 0 Å². The summed E-state index contributed by atoms with van der Waals surface area (Å²) in [5, 5.41) is 11.1. The Hall–Kier alpha value is -2.32. The molecule has 1 atom stereocenters. The lowest BCUT2D eigenvalue weighted by molar-refractivity contribution is 0.174. The van der Waals surface area contributed by atoms with Gasteiger partial charge in [-0.15, -0.1) is 21.5 Å². The van der Waals surface area contributed by atoms with E-state index < -0.39 is 0 Å². The predicted molar refractivity (Wildman–Crippen MR) is 109 cm³/mol. The van der Waals surface area contributed by atoms with Crippen LogP contribution in [0.1, 0.15) is 29.3 Å². The predicted octanol–water partition coefficient (Wildman–Crippen LogP) is 4.48. The van der Waals surface area contributed by atoms with Crippen LogP contribution >= 0.6 is 23.1 Å². The molecule has 1 aliphatic heterocycles. The van der Waals surface area contributed by atoms with Crippen molar-refractivity contribution in [1.82, 2.24) is 19.6 Å². The number of thiophene rings is 1. The Bertz CT molecular complexity index is 1220. The third kappa shape index (κ3) is 2.58. The second kappa shape index (κ2) is 6.35. The van der Waals surface area contributed by atoms with E-state index in [4.69, 9.17) is 14.5 Å². The molecule has 0 saturated heterocycles. The smallest absolute Gasteiger partial charge is 0.231 e. The molecule has 2 aliphatic rings. The van der Waals surface area contributed by atoms with Crippen molar-refractivity contribution in [2.75, 3.05) is 6.79 Å². The molecule has 0 spiro atoms. The maximum absolute atomic E-state index is 5.47. The highest BCUT2D eigenvalue weighted by molar-refractivity contribution is 7.98. The number of hydrogen-bond acceptors (Lipinski definition) is 7. The van der Waals surface area contributed by atoms with Gasteiger partial charge in [0.05, 0.1) is 5.39 Å². The lowest BCUT2D eigenvalue weighted by Crippen LogP contribution is -2.08. The number of rotatable bonds is 3. The molecule has 0 N–H and O–H groups in total. The number of aryl methyl sites for hydroxylation is 1. The Morgan fingerprint density at radius 1 is 1.25 bits per heavy atom. The fourth-order valence-corrected chi connectivity index (χ4v) is 6.19. The average molecular weight is 411 g/mol. The summed E-state index contributed by atoms with van der Waals surface area (Å²) in [4.78, 5) is 7.29. The van der Waals surface area contributed by atoms with Crippen LogP contribution in [0.15, 0.2) is 29.7 Å². The van der Waals surface area contributed by atoms with Crippen molar-refractivity contribution in [3.8, 4) is 11.5 Å². The third-order valence-corrected chi connectivity index (χ3v) is 7.65. The molecule has 1 aliphatic carbocycles.